The van der Waals surface area contributed by atoms with Crippen LogP contribution in [-0.2, 0) is 30.0 Å². The van der Waals surface area contributed by atoms with Gasteiger partial charge in [-0.25, -0.2) is 0 Å². The van der Waals surface area contributed by atoms with Crippen molar-refractivity contribution in [3.63, 3.8) is 0 Å². The molecule has 7 nitrogen and oxygen atoms in total. The maximum atomic E-state index is 12.7. The van der Waals surface area contributed by atoms with Gasteiger partial charge in [-0.15, -0.1) is 6.58 Å². The van der Waals surface area contributed by atoms with Crippen LogP contribution >= 0.6 is 0 Å². The Morgan fingerprint density at radius 3 is 2.20 bits per heavy atom. The zero-order valence-corrected chi connectivity index (χ0v) is 29.9. The SMILES string of the molecule is C=CC[C@H]1O[C@@](O)([C@H](O[Si](C)(C)C(C)(C)C)[C@@H](O)C[C@@H](COCc2ccccc2)OC)[C@H](C)[C@@H](O[C@H](C)c2ccccc2)[C@H]1C. The van der Waals surface area contributed by atoms with E-state index in [1.54, 1.807) is 13.2 Å². The molecule has 0 radical (unpaired) electrons. The summed E-state index contributed by atoms with van der Waals surface area (Å²) in [7, 11) is -0.910. The lowest BCUT2D eigenvalue weighted by atomic mass is 9.76. The summed E-state index contributed by atoms with van der Waals surface area (Å²) in [5.41, 5.74) is 2.11. The van der Waals surface area contributed by atoms with E-state index < -0.39 is 38.3 Å². The van der Waals surface area contributed by atoms with Crippen LogP contribution in [0.25, 0.3) is 0 Å². The summed E-state index contributed by atoms with van der Waals surface area (Å²) in [5, 5.41) is 24.5. The Morgan fingerprint density at radius 2 is 1.64 bits per heavy atom. The molecule has 1 heterocycles. The average Bonchev–Trinajstić information content (AvgIpc) is 3.00. The summed E-state index contributed by atoms with van der Waals surface area (Å²) < 4.78 is 32.0. The first kappa shape index (κ1) is 37.6. The molecule has 1 saturated heterocycles. The van der Waals surface area contributed by atoms with Crippen LogP contribution in [-0.4, -0.2) is 68.6 Å². The molecule has 3 rings (SSSR count). The lowest BCUT2D eigenvalue weighted by molar-refractivity contribution is -0.362. The lowest BCUT2D eigenvalue weighted by Gasteiger charge is -2.55. The molecule has 0 bridgehead atoms. The van der Waals surface area contributed by atoms with E-state index >= 15 is 0 Å². The Kier molecular flexibility index (Phi) is 13.6. The Hall–Kier alpha value is -1.88. The zero-order chi connectivity index (χ0) is 33.4. The second kappa shape index (κ2) is 16.3. The smallest absolute Gasteiger partial charge is 0.198 e. The highest BCUT2D eigenvalue weighted by Crippen LogP contribution is 2.47. The molecule has 1 fully saturated rings. The van der Waals surface area contributed by atoms with Gasteiger partial charge >= 0.3 is 0 Å². The Bertz CT molecular complexity index is 1150. The van der Waals surface area contributed by atoms with Crippen LogP contribution in [0, 0.1) is 11.8 Å². The summed E-state index contributed by atoms with van der Waals surface area (Å²) in [6.45, 7) is 21.4. The number of aliphatic hydroxyl groups is 2. The quantitative estimate of drug-likeness (QED) is 0.145. The van der Waals surface area contributed by atoms with Crippen molar-refractivity contribution in [1.29, 1.82) is 0 Å². The number of aliphatic hydroxyl groups excluding tert-OH is 1. The maximum absolute atomic E-state index is 12.7. The van der Waals surface area contributed by atoms with Crippen molar-refractivity contribution in [2.75, 3.05) is 13.7 Å². The van der Waals surface area contributed by atoms with Crippen molar-refractivity contribution in [1.82, 2.24) is 0 Å². The van der Waals surface area contributed by atoms with E-state index in [0.29, 0.717) is 13.0 Å². The highest BCUT2D eigenvalue weighted by atomic mass is 28.4. The number of benzene rings is 2. The van der Waals surface area contributed by atoms with Crippen LogP contribution in [0.3, 0.4) is 0 Å². The lowest BCUT2D eigenvalue weighted by Crippen LogP contribution is -2.68. The van der Waals surface area contributed by atoms with Crippen LogP contribution in [0.1, 0.15) is 71.6 Å². The molecule has 0 amide bonds. The third-order valence-corrected chi connectivity index (χ3v) is 14.3. The van der Waals surface area contributed by atoms with Gasteiger partial charge in [0, 0.05) is 25.4 Å². The minimum absolute atomic E-state index is 0.0480. The van der Waals surface area contributed by atoms with Gasteiger partial charge in [0.2, 0.25) is 0 Å². The first-order chi connectivity index (χ1) is 21.1. The van der Waals surface area contributed by atoms with E-state index in [0.717, 1.165) is 11.1 Å². The molecule has 9 atom stereocenters. The highest BCUT2D eigenvalue weighted by Gasteiger charge is 2.59. The molecule has 2 aromatic carbocycles. The first-order valence-corrected chi connectivity index (χ1v) is 19.3. The largest absolute Gasteiger partial charge is 0.406 e. The van der Waals surface area contributed by atoms with Crippen molar-refractivity contribution in [3.05, 3.63) is 84.4 Å². The molecule has 0 unspecified atom stereocenters. The standard InChI is InChI=1S/C37H58O7Si/c1-11-18-33-26(2)34(42-28(4)30-21-16-13-17-22-30)27(3)37(39,43-33)35(44-45(9,10)36(5,6)7)32(38)23-31(40-8)25-41-24-29-19-14-12-15-20-29/h11-17,19-22,26-28,31-35,38-39H,1,18,23-25H2,2-10H3/t26-,27+,28+,31-,32-,33+,34-,35+,37+/m0/s1. The molecule has 2 aromatic rings. The zero-order valence-electron chi connectivity index (χ0n) is 28.9. The minimum Gasteiger partial charge on any atom is -0.406 e. The van der Waals surface area contributed by atoms with Gasteiger partial charge in [0.15, 0.2) is 14.1 Å². The van der Waals surface area contributed by atoms with E-state index in [1.165, 1.54) is 0 Å². The van der Waals surface area contributed by atoms with E-state index in [9.17, 15) is 10.2 Å². The van der Waals surface area contributed by atoms with Gasteiger partial charge in [-0.1, -0.05) is 101 Å². The molecule has 0 saturated carbocycles. The fourth-order valence-corrected chi connectivity index (χ4v) is 7.15. The van der Waals surface area contributed by atoms with Crippen LogP contribution in [0.5, 0.6) is 0 Å². The second-order valence-electron chi connectivity index (χ2n) is 14.2. The topological polar surface area (TPSA) is 86.6 Å². The molecular weight excluding hydrogens is 584 g/mol. The average molecular weight is 643 g/mol. The number of hydrogen-bond acceptors (Lipinski definition) is 7. The Balaban J connectivity index is 1.93. The normalized spacial score (nSPS) is 27.0. The summed E-state index contributed by atoms with van der Waals surface area (Å²) in [6, 6.07) is 20.0. The Labute approximate surface area is 273 Å². The molecule has 2 N–H and O–H groups in total. The summed E-state index contributed by atoms with van der Waals surface area (Å²) in [4.78, 5) is 0. The molecule has 0 aromatic heterocycles. The van der Waals surface area contributed by atoms with Crippen LogP contribution < -0.4 is 0 Å². The van der Waals surface area contributed by atoms with E-state index in [1.807, 2.05) is 74.5 Å². The fourth-order valence-electron chi connectivity index (χ4n) is 5.83. The highest BCUT2D eigenvalue weighted by molar-refractivity contribution is 6.74. The predicted octanol–water partition coefficient (Wildman–Crippen LogP) is 7.44. The van der Waals surface area contributed by atoms with Gasteiger partial charge < -0.3 is 33.6 Å². The minimum atomic E-state index is -2.52. The van der Waals surface area contributed by atoms with Crippen LogP contribution in [0.2, 0.25) is 18.1 Å². The molecule has 45 heavy (non-hydrogen) atoms. The maximum Gasteiger partial charge on any atom is 0.198 e. The third-order valence-electron chi connectivity index (χ3n) is 9.86. The van der Waals surface area contributed by atoms with Crippen molar-refractivity contribution in [2.24, 2.45) is 11.8 Å². The third kappa shape index (κ3) is 9.58. The number of ether oxygens (including phenoxy) is 4. The number of methoxy groups -OCH3 is 1. The molecule has 252 valence electrons. The van der Waals surface area contributed by atoms with Crippen molar-refractivity contribution in [2.45, 2.75) is 122 Å². The predicted molar refractivity (Wildman–Crippen MR) is 182 cm³/mol. The summed E-state index contributed by atoms with van der Waals surface area (Å²) >= 11 is 0. The number of hydrogen-bond donors (Lipinski definition) is 2. The summed E-state index contributed by atoms with van der Waals surface area (Å²) in [5.74, 6) is -2.42. The van der Waals surface area contributed by atoms with Crippen molar-refractivity contribution >= 4 is 8.32 Å². The number of rotatable bonds is 16. The van der Waals surface area contributed by atoms with Gasteiger partial charge in [-0.05, 0) is 42.6 Å². The van der Waals surface area contributed by atoms with Gasteiger partial charge in [0.05, 0.1) is 43.7 Å². The molecule has 1 aliphatic rings. The second-order valence-corrected chi connectivity index (χ2v) is 19.0. The van der Waals surface area contributed by atoms with Gasteiger partial charge in [-0.2, -0.15) is 0 Å². The van der Waals surface area contributed by atoms with Crippen LogP contribution in [0.15, 0.2) is 73.3 Å². The fraction of sp³-hybridized carbons (Fsp3) is 0.622. The van der Waals surface area contributed by atoms with Crippen LogP contribution in [0.4, 0.5) is 0 Å². The monoisotopic (exact) mass is 642 g/mol. The molecule has 0 spiro atoms. The van der Waals surface area contributed by atoms with Gasteiger partial charge in [-0.3, -0.25) is 0 Å². The molecule has 0 aliphatic carbocycles. The van der Waals surface area contributed by atoms with Crippen molar-refractivity contribution in [3.8, 4) is 0 Å². The molecular formula is C37H58O7Si. The van der Waals surface area contributed by atoms with Gasteiger partial charge in [0.1, 0.15) is 6.10 Å². The van der Waals surface area contributed by atoms with Gasteiger partial charge in [0.25, 0.3) is 0 Å². The van der Waals surface area contributed by atoms with Crippen molar-refractivity contribution < 1.29 is 33.6 Å². The summed E-state index contributed by atoms with van der Waals surface area (Å²) in [6.07, 6.45) is -1.05. The van der Waals surface area contributed by atoms with E-state index in [-0.39, 0.29) is 42.3 Å². The Morgan fingerprint density at radius 1 is 1.04 bits per heavy atom. The van der Waals surface area contributed by atoms with E-state index in [4.69, 9.17) is 23.4 Å². The first-order valence-electron chi connectivity index (χ1n) is 16.4. The molecule has 8 heteroatoms. The molecule has 1 aliphatic heterocycles. The van der Waals surface area contributed by atoms with E-state index in [2.05, 4.69) is 47.4 Å².